The minimum atomic E-state index is -0.340. The van der Waals surface area contributed by atoms with Gasteiger partial charge in [0.25, 0.3) is 0 Å². The Morgan fingerprint density at radius 3 is 2.30 bits per heavy atom. The second-order valence-electron chi connectivity index (χ2n) is 6.59. The van der Waals surface area contributed by atoms with Crippen molar-refractivity contribution in [3.05, 3.63) is 23.9 Å². The molecule has 2 heterocycles. The van der Waals surface area contributed by atoms with Gasteiger partial charge in [0.1, 0.15) is 0 Å². The second-order valence-corrected chi connectivity index (χ2v) is 6.59. The average molecular weight is 272 g/mol. The van der Waals surface area contributed by atoms with E-state index in [2.05, 4.69) is 51.9 Å². The number of aromatic nitrogens is 2. The van der Waals surface area contributed by atoms with Crippen LogP contribution in [-0.2, 0) is 16.4 Å². The Bertz CT molecular complexity index is 660. The molecule has 0 radical (unpaired) electrons. The first-order chi connectivity index (χ1) is 9.23. The van der Waals surface area contributed by atoms with Crippen molar-refractivity contribution in [2.75, 3.05) is 0 Å². The summed E-state index contributed by atoms with van der Waals surface area (Å²) in [7, 11) is 1.61. The summed E-state index contributed by atoms with van der Waals surface area (Å²) in [5.74, 6) is 0. The highest BCUT2D eigenvalue weighted by molar-refractivity contribution is 6.65. The second kappa shape index (κ2) is 4.09. The molecule has 0 atom stereocenters. The van der Waals surface area contributed by atoms with E-state index in [-0.39, 0.29) is 18.3 Å². The van der Waals surface area contributed by atoms with Crippen molar-refractivity contribution in [3.63, 3.8) is 0 Å². The Kier molecular flexibility index (Phi) is 2.79. The molecule has 4 nitrogen and oxygen atoms in total. The molecule has 5 heteroatoms. The Morgan fingerprint density at radius 2 is 1.70 bits per heavy atom. The molecule has 2 aromatic rings. The lowest BCUT2D eigenvalue weighted by Crippen LogP contribution is -2.41. The Hall–Kier alpha value is -1.33. The van der Waals surface area contributed by atoms with Gasteiger partial charge in [0, 0.05) is 12.4 Å². The SMILES string of the molecule is Cc1ccc2c(cnn2C)c1B1OC(C)(C)C(C)(C)O1. The first-order valence-corrected chi connectivity index (χ1v) is 7.00. The van der Waals surface area contributed by atoms with E-state index in [1.54, 1.807) is 0 Å². The van der Waals surface area contributed by atoms with Gasteiger partial charge >= 0.3 is 7.12 Å². The van der Waals surface area contributed by atoms with E-state index in [4.69, 9.17) is 9.31 Å². The van der Waals surface area contributed by atoms with Crippen LogP contribution >= 0.6 is 0 Å². The van der Waals surface area contributed by atoms with E-state index in [0.29, 0.717) is 0 Å². The number of fused-ring (bicyclic) bond motifs is 1. The van der Waals surface area contributed by atoms with Crippen LogP contribution in [0.5, 0.6) is 0 Å². The molecule has 1 aliphatic heterocycles. The molecule has 20 heavy (non-hydrogen) atoms. The third-order valence-electron chi connectivity index (χ3n) is 4.68. The smallest absolute Gasteiger partial charge is 0.399 e. The number of hydrogen-bond acceptors (Lipinski definition) is 3. The maximum Gasteiger partial charge on any atom is 0.495 e. The largest absolute Gasteiger partial charge is 0.495 e. The van der Waals surface area contributed by atoms with Crippen LogP contribution in [-0.4, -0.2) is 28.1 Å². The summed E-state index contributed by atoms with van der Waals surface area (Å²) in [6.45, 7) is 10.4. The van der Waals surface area contributed by atoms with E-state index in [1.165, 1.54) is 5.56 Å². The van der Waals surface area contributed by atoms with Gasteiger partial charge in [-0.1, -0.05) is 11.6 Å². The van der Waals surface area contributed by atoms with Crippen molar-refractivity contribution in [2.45, 2.75) is 45.8 Å². The molecule has 0 N–H and O–H groups in total. The molecule has 1 aliphatic rings. The minimum absolute atomic E-state index is 0.325. The van der Waals surface area contributed by atoms with Crippen LogP contribution in [0.2, 0.25) is 0 Å². The van der Waals surface area contributed by atoms with Crippen molar-refractivity contribution in [1.29, 1.82) is 0 Å². The van der Waals surface area contributed by atoms with Gasteiger partial charge in [-0.25, -0.2) is 0 Å². The lowest BCUT2D eigenvalue weighted by atomic mass is 9.74. The normalized spacial score (nSPS) is 20.8. The van der Waals surface area contributed by atoms with E-state index < -0.39 is 0 Å². The Morgan fingerprint density at radius 1 is 1.10 bits per heavy atom. The molecule has 0 saturated carbocycles. The average Bonchev–Trinajstić information content (AvgIpc) is 2.78. The summed E-state index contributed by atoms with van der Waals surface area (Å²) in [6, 6.07) is 4.19. The first kappa shape index (κ1) is 13.6. The van der Waals surface area contributed by atoms with Crippen molar-refractivity contribution in [2.24, 2.45) is 7.05 Å². The number of rotatable bonds is 1. The van der Waals surface area contributed by atoms with Crippen molar-refractivity contribution in [3.8, 4) is 0 Å². The highest BCUT2D eigenvalue weighted by atomic mass is 16.7. The molecular weight excluding hydrogens is 251 g/mol. The number of hydrogen-bond donors (Lipinski definition) is 0. The summed E-state index contributed by atoms with van der Waals surface area (Å²) < 4.78 is 14.3. The standard InChI is InChI=1S/C15H21BN2O2/c1-10-7-8-12-11(9-17-18(12)6)13(10)16-19-14(2,3)15(4,5)20-16/h7-9H,1-6H3. The molecule has 1 aromatic heterocycles. The fourth-order valence-corrected chi connectivity index (χ4v) is 2.63. The molecule has 0 unspecified atom stereocenters. The number of aryl methyl sites for hydroxylation is 2. The summed E-state index contributed by atoms with van der Waals surface area (Å²) in [5.41, 5.74) is 2.71. The van der Waals surface area contributed by atoms with Gasteiger partial charge in [-0.05, 0) is 46.1 Å². The fraction of sp³-hybridized carbons (Fsp3) is 0.533. The van der Waals surface area contributed by atoms with Gasteiger partial charge in [-0.2, -0.15) is 5.10 Å². The van der Waals surface area contributed by atoms with E-state index in [1.807, 2.05) is 17.9 Å². The van der Waals surface area contributed by atoms with Gasteiger partial charge in [0.15, 0.2) is 0 Å². The summed E-state index contributed by atoms with van der Waals surface area (Å²) in [4.78, 5) is 0. The Labute approximate surface area is 120 Å². The van der Waals surface area contributed by atoms with Gasteiger partial charge in [0.2, 0.25) is 0 Å². The monoisotopic (exact) mass is 272 g/mol. The zero-order valence-corrected chi connectivity index (χ0v) is 13.0. The van der Waals surface area contributed by atoms with Crippen LogP contribution in [0.15, 0.2) is 18.3 Å². The van der Waals surface area contributed by atoms with Crippen LogP contribution in [0, 0.1) is 6.92 Å². The maximum atomic E-state index is 6.19. The van der Waals surface area contributed by atoms with Gasteiger partial charge < -0.3 is 9.31 Å². The Balaban J connectivity index is 2.14. The van der Waals surface area contributed by atoms with E-state index >= 15 is 0 Å². The fourth-order valence-electron chi connectivity index (χ4n) is 2.63. The molecule has 0 spiro atoms. The quantitative estimate of drug-likeness (QED) is 0.746. The number of nitrogens with zero attached hydrogens (tertiary/aromatic N) is 2. The molecule has 0 bridgehead atoms. The predicted molar refractivity (Wildman–Crippen MR) is 81.2 cm³/mol. The topological polar surface area (TPSA) is 36.3 Å². The zero-order valence-electron chi connectivity index (χ0n) is 13.0. The van der Waals surface area contributed by atoms with Crippen LogP contribution in [0.1, 0.15) is 33.3 Å². The van der Waals surface area contributed by atoms with Crippen LogP contribution in [0.4, 0.5) is 0 Å². The molecule has 106 valence electrons. The summed E-state index contributed by atoms with van der Waals surface area (Å²) in [5, 5.41) is 5.45. The highest BCUT2D eigenvalue weighted by Gasteiger charge is 2.52. The summed E-state index contributed by atoms with van der Waals surface area (Å²) >= 11 is 0. The lowest BCUT2D eigenvalue weighted by molar-refractivity contribution is 0.00578. The maximum absolute atomic E-state index is 6.19. The van der Waals surface area contributed by atoms with Crippen LogP contribution in [0.25, 0.3) is 10.9 Å². The first-order valence-electron chi connectivity index (χ1n) is 7.00. The molecular formula is C15H21BN2O2. The van der Waals surface area contributed by atoms with Gasteiger partial charge in [-0.3, -0.25) is 4.68 Å². The van der Waals surface area contributed by atoms with Crippen molar-refractivity contribution >= 4 is 23.5 Å². The zero-order chi connectivity index (χ0) is 14.7. The molecule has 0 aliphatic carbocycles. The number of benzene rings is 1. The molecule has 1 aromatic carbocycles. The van der Waals surface area contributed by atoms with Crippen LogP contribution < -0.4 is 5.46 Å². The highest BCUT2D eigenvalue weighted by Crippen LogP contribution is 2.37. The third-order valence-corrected chi connectivity index (χ3v) is 4.68. The minimum Gasteiger partial charge on any atom is -0.399 e. The van der Waals surface area contributed by atoms with Gasteiger partial charge in [-0.15, -0.1) is 0 Å². The van der Waals surface area contributed by atoms with E-state index in [0.717, 1.165) is 16.4 Å². The summed E-state index contributed by atoms with van der Waals surface area (Å²) in [6.07, 6.45) is 1.89. The predicted octanol–water partition coefficient (Wildman–Crippen LogP) is 2.18. The molecule has 1 fully saturated rings. The molecule has 3 rings (SSSR count). The van der Waals surface area contributed by atoms with Crippen molar-refractivity contribution in [1.82, 2.24) is 9.78 Å². The van der Waals surface area contributed by atoms with Gasteiger partial charge in [0.05, 0.1) is 22.9 Å². The lowest BCUT2D eigenvalue weighted by Gasteiger charge is -2.32. The van der Waals surface area contributed by atoms with E-state index in [9.17, 15) is 0 Å². The molecule has 1 saturated heterocycles. The van der Waals surface area contributed by atoms with Crippen LogP contribution in [0.3, 0.4) is 0 Å². The molecule has 0 amide bonds. The third kappa shape index (κ3) is 1.80. The van der Waals surface area contributed by atoms with Crippen molar-refractivity contribution < 1.29 is 9.31 Å².